The Morgan fingerprint density at radius 3 is 2.12 bits per heavy atom. The summed E-state index contributed by atoms with van der Waals surface area (Å²) in [5.74, 6) is 0.550. The molecule has 0 aromatic heterocycles. The maximum absolute atomic E-state index is 12.5. The molecule has 0 spiro atoms. The Bertz CT molecular complexity index is 961. The lowest BCUT2D eigenvalue weighted by Crippen LogP contribution is -2.45. The maximum Gasteiger partial charge on any atom is 0.123 e. The Kier molecular flexibility index (Phi) is 8.57. The third-order valence-electron chi connectivity index (χ3n) is 6.07. The molecule has 0 radical (unpaired) electrons. The third kappa shape index (κ3) is 5.28. The van der Waals surface area contributed by atoms with Crippen LogP contribution < -0.4 is 4.74 Å². The van der Waals surface area contributed by atoms with Gasteiger partial charge < -0.3 is 14.6 Å². The van der Waals surface area contributed by atoms with Gasteiger partial charge in [-0.15, -0.1) is 12.4 Å². The highest BCUT2D eigenvalue weighted by Crippen LogP contribution is 2.43. The summed E-state index contributed by atoms with van der Waals surface area (Å²) < 4.78 is 10.9. The van der Waals surface area contributed by atoms with Gasteiger partial charge in [0, 0.05) is 30.6 Å². The molecule has 0 saturated carbocycles. The molecule has 3 aromatic rings. The summed E-state index contributed by atoms with van der Waals surface area (Å²) in [4.78, 5) is 2.36. The van der Waals surface area contributed by atoms with Crippen molar-refractivity contribution in [3.63, 3.8) is 0 Å². The van der Waals surface area contributed by atoms with Crippen molar-refractivity contribution in [2.45, 2.75) is 11.5 Å². The van der Waals surface area contributed by atoms with E-state index in [-0.39, 0.29) is 18.3 Å². The van der Waals surface area contributed by atoms with Gasteiger partial charge in [-0.3, -0.25) is 4.90 Å². The van der Waals surface area contributed by atoms with Crippen molar-refractivity contribution in [1.82, 2.24) is 4.90 Å². The van der Waals surface area contributed by atoms with Crippen LogP contribution in [0.15, 0.2) is 78.9 Å². The number of methoxy groups -OCH3 is 1. The molecule has 32 heavy (non-hydrogen) atoms. The van der Waals surface area contributed by atoms with Crippen molar-refractivity contribution in [1.29, 1.82) is 0 Å². The SMILES string of the molecule is COc1ccc(C(O)(c2ccccc2)C(CN2CCOCC2)c2ccc(Cl)cc2)cc1.Cl. The second-order valence-corrected chi connectivity index (χ2v) is 8.31. The first kappa shape index (κ1) is 24.6. The Balaban J connectivity index is 0.00000289. The van der Waals surface area contributed by atoms with E-state index in [9.17, 15) is 5.11 Å². The Morgan fingerprint density at radius 2 is 1.53 bits per heavy atom. The maximum atomic E-state index is 12.5. The first-order valence-corrected chi connectivity index (χ1v) is 11.0. The molecule has 2 atom stereocenters. The van der Waals surface area contributed by atoms with Crippen LogP contribution in [-0.2, 0) is 10.3 Å². The lowest BCUT2D eigenvalue weighted by molar-refractivity contribution is 0.000753. The van der Waals surface area contributed by atoms with Gasteiger partial charge in [0.1, 0.15) is 11.4 Å². The van der Waals surface area contributed by atoms with Crippen LogP contribution in [0.4, 0.5) is 0 Å². The standard InChI is InChI=1S/C26H28ClNO3.ClH/c1-30-24-13-9-22(10-14-24)26(29,21-5-3-2-4-6-21)25(19-28-15-17-31-18-16-28)20-7-11-23(27)12-8-20;/h2-14,25,29H,15-19H2,1H3;1H. The molecule has 1 aliphatic heterocycles. The summed E-state index contributed by atoms with van der Waals surface area (Å²) in [5.41, 5.74) is 1.48. The van der Waals surface area contributed by atoms with Crippen LogP contribution in [0.2, 0.25) is 5.02 Å². The lowest BCUT2D eigenvalue weighted by Gasteiger charge is -2.41. The molecule has 0 aliphatic carbocycles. The zero-order chi connectivity index (χ0) is 21.7. The minimum atomic E-state index is -1.24. The lowest BCUT2D eigenvalue weighted by atomic mass is 9.72. The van der Waals surface area contributed by atoms with E-state index in [0.29, 0.717) is 24.8 Å². The molecule has 0 bridgehead atoms. The molecule has 0 amide bonds. The minimum absolute atomic E-state index is 0. The van der Waals surface area contributed by atoms with Gasteiger partial charge in [0.2, 0.25) is 0 Å². The van der Waals surface area contributed by atoms with Gasteiger partial charge in [-0.05, 0) is 41.0 Å². The average molecular weight is 474 g/mol. The zero-order valence-corrected chi connectivity index (χ0v) is 19.7. The van der Waals surface area contributed by atoms with Crippen LogP contribution in [0.5, 0.6) is 5.75 Å². The fourth-order valence-corrected chi connectivity index (χ4v) is 4.45. The van der Waals surface area contributed by atoms with Gasteiger partial charge in [-0.25, -0.2) is 0 Å². The smallest absolute Gasteiger partial charge is 0.123 e. The molecule has 170 valence electrons. The monoisotopic (exact) mass is 473 g/mol. The molecule has 1 saturated heterocycles. The van der Waals surface area contributed by atoms with Gasteiger partial charge in [-0.2, -0.15) is 0 Å². The van der Waals surface area contributed by atoms with E-state index < -0.39 is 5.60 Å². The van der Waals surface area contributed by atoms with E-state index in [2.05, 4.69) is 4.90 Å². The fraction of sp³-hybridized carbons (Fsp3) is 0.308. The van der Waals surface area contributed by atoms with Crippen molar-refractivity contribution in [3.8, 4) is 5.75 Å². The summed E-state index contributed by atoms with van der Waals surface area (Å²) in [6.07, 6.45) is 0. The van der Waals surface area contributed by atoms with Crippen LogP contribution in [0.1, 0.15) is 22.6 Å². The molecule has 4 rings (SSSR count). The van der Waals surface area contributed by atoms with Crippen LogP contribution in [0.3, 0.4) is 0 Å². The highest BCUT2D eigenvalue weighted by atomic mass is 35.5. The van der Waals surface area contributed by atoms with Crippen molar-refractivity contribution in [3.05, 3.63) is 101 Å². The Hall–Kier alpha value is -2.08. The second-order valence-electron chi connectivity index (χ2n) is 7.88. The predicted molar refractivity (Wildman–Crippen MR) is 131 cm³/mol. The molecule has 1 N–H and O–H groups in total. The molecule has 2 unspecified atom stereocenters. The molecule has 6 heteroatoms. The zero-order valence-electron chi connectivity index (χ0n) is 18.1. The number of rotatable bonds is 7. The van der Waals surface area contributed by atoms with Crippen molar-refractivity contribution in [2.75, 3.05) is 40.0 Å². The highest BCUT2D eigenvalue weighted by Gasteiger charge is 2.42. The molecule has 1 aliphatic rings. The summed E-state index contributed by atoms with van der Waals surface area (Å²) in [7, 11) is 1.65. The van der Waals surface area contributed by atoms with E-state index in [1.807, 2.05) is 78.9 Å². The van der Waals surface area contributed by atoms with E-state index in [1.165, 1.54) is 0 Å². The quantitative estimate of drug-likeness (QED) is 0.516. The van der Waals surface area contributed by atoms with Crippen LogP contribution in [-0.4, -0.2) is 50.0 Å². The van der Waals surface area contributed by atoms with Gasteiger partial charge in [0.25, 0.3) is 0 Å². The highest BCUT2D eigenvalue weighted by molar-refractivity contribution is 6.30. The second kappa shape index (κ2) is 11.2. The van der Waals surface area contributed by atoms with Gasteiger partial charge in [0.15, 0.2) is 0 Å². The topological polar surface area (TPSA) is 41.9 Å². The summed E-state index contributed by atoms with van der Waals surface area (Å²) in [6, 6.07) is 25.4. The van der Waals surface area contributed by atoms with Crippen LogP contribution in [0.25, 0.3) is 0 Å². The fourth-order valence-electron chi connectivity index (χ4n) is 4.32. The Labute approximate surface area is 201 Å². The van der Waals surface area contributed by atoms with Gasteiger partial charge >= 0.3 is 0 Å². The summed E-state index contributed by atoms with van der Waals surface area (Å²) >= 11 is 6.19. The number of morpholine rings is 1. The van der Waals surface area contributed by atoms with Crippen molar-refractivity contribution < 1.29 is 14.6 Å². The van der Waals surface area contributed by atoms with Gasteiger partial charge in [0.05, 0.1) is 20.3 Å². The van der Waals surface area contributed by atoms with Crippen molar-refractivity contribution in [2.24, 2.45) is 0 Å². The average Bonchev–Trinajstić information content (AvgIpc) is 2.84. The molecule has 1 fully saturated rings. The van der Waals surface area contributed by atoms with Crippen molar-refractivity contribution >= 4 is 24.0 Å². The minimum Gasteiger partial charge on any atom is -0.497 e. The molecular formula is C26H29Cl2NO3. The summed E-state index contributed by atoms with van der Waals surface area (Å²) in [6.45, 7) is 3.80. The number of halogens is 2. The third-order valence-corrected chi connectivity index (χ3v) is 6.32. The first-order valence-electron chi connectivity index (χ1n) is 10.6. The van der Waals surface area contributed by atoms with Crippen LogP contribution >= 0.6 is 24.0 Å². The molecular weight excluding hydrogens is 445 g/mol. The number of ether oxygens (including phenoxy) is 2. The predicted octanol–water partition coefficient (Wildman–Crippen LogP) is 5.12. The van der Waals surface area contributed by atoms with E-state index in [4.69, 9.17) is 21.1 Å². The normalized spacial score (nSPS) is 17.1. The number of hydrogen-bond acceptors (Lipinski definition) is 4. The number of nitrogens with zero attached hydrogens (tertiary/aromatic N) is 1. The van der Waals surface area contributed by atoms with E-state index in [0.717, 1.165) is 35.5 Å². The van der Waals surface area contributed by atoms with Gasteiger partial charge in [-0.1, -0.05) is 66.2 Å². The Morgan fingerprint density at radius 1 is 0.938 bits per heavy atom. The molecule has 1 heterocycles. The number of hydrogen-bond donors (Lipinski definition) is 1. The summed E-state index contributed by atoms with van der Waals surface area (Å²) in [5, 5.41) is 13.2. The number of aliphatic hydroxyl groups is 1. The number of benzene rings is 3. The van der Waals surface area contributed by atoms with E-state index >= 15 is 0 Å². The largest absolute Gasteiger partial charge is 0.497 e. The molecule has 3 aromatic carbocycles. The van der Waals surface area contributed by atoms with Crippen LogP contribution in [0, 0.1) is 0 Å². The first-order chi connectivity index (χ1) is 15.1. The molecule has 4 nitrogen and oxygen atoms in total. The van der Waals surface area contributed by atoms with E-state index in [1.54, 1.807) is 7.11 Å².